The van der Waals surface area contributed by atoms with Crippen LogP contribution in [0.1, 0.15) is 5.56 Å². The molecule has 0 bridgehead atoms. The van der Waals surface area contributed by atoms with Crippen LogP contribution in [-0.4, -0.2) is 31.5 Å². The first kappa shape index (κ1) is 18.7. The number of rotatable bonds is 7. The molecule has 0 aromatic heterocycles. The number of anilines is 1. The van der Waals surface area contributed by atoms with E-state index in [4.69, 9.17) is 16.3 Å². The van der Waals surface area contributed by atoms with Crippen LogP contribution >= 0.6 is 11.6 Å². The van der Waals surface area contributed by atoms with E-state index < -0.39 is 4.92 Å². The highest BCUT2D eigenvalue weighted by molar-refractivity contribution is 6.30. The fourth-order valence-corrected chi connectivity index (χ4v) is 2.61. The Hall–Kier alpha value is -2.64. The Morgan fingerprint density at radius 1 is 1.28 bits per heavy atom. The molecule has 2 N–H and O–H groups in total. The Bertz CT molecular complexity index is 765. The van der Waals surface area contributed by atoms with Crippen molar-refractivity contribution in [1.29, 1.82) is 0 Å². The molecule has 132 valence electrons. The number of non-ortho nitro benzene ring substituents is 1. The summed E-state index contributed by atoms with van der Waals surface area (Å²) in [5.74, 6) is 0.534. The Morgan fingerprint density at radius 2 is 1.96 bits per heavy atom. The fourth-order valence-electron chi connectivity index (χ4n) is 2.42. The second-order valence-corrected chi connectivity index (χ2v) is 6.06. The van der Waals surface area contributed by atoms with Crippen LogP contribution in [0.15, 0.2) is 42.5 Å². The number of nitrogens with one attached hydrogen (secondary N) is 2. The standard InChI is InChI=1S/C17H18ClN3O4/c1-20(10-12-9-13(18)3-8-16(12)25-2)11-17(22)19-14-4-6-15(7-5-14)21(23)24/h3-9H,10-11H2,1-2H3,(H,19,22)/p+1. The normalized spacial score (nSPS) is 11.6. The van der Waals surface area contributed by atoms with Gasteiger partial charge in [-0.25, -0.2) is 0 Å². The summed E-state index contributed by atoms with van der Waals surface area (Å²) in [7, 11) is 3.47. The van der Waals surface area contributed by atoms with E-state index >= 15 is 0 Å². The molecule has 2 aromatic carbocycles. The minimum absolute atomic E-state index is 0.0196. The van der Waals surface area contributed by atoms with E-state index in [1.165, 1.54) is 24.3 Å². The van der Waals surface area contributed by atoms with Crippen LogP contribution in [0.25, 0.3) is 0 Å². The van der Waals surface area contributed by atoms with Crippen molar-refractivity contribution in [3.05, 3.63) is 63.2 Å². The number of benzene rings is 2. The number of nitro benzene ring substituents is 1. The molecule has 0 spiro atoms. The van der Waals surface area contributed by atoms with Crippen molar-refractivity contribution in [2.24, 2.45) is 0 Å². The number of ether oxygens (including phenoxy) is 1. The third-order valence-corrected chi connectivity index (χ3v) is 3.79. The molecule has 1 atom stereocenters. The lowest BCUT2D eigenvalue weighted by atomic mass is 10.2. The Balaban J connectivity index is 1.94. The highest BCUT2D eigenvalue weighted by Gasteiger charge is 2.14. The molecule has 8 heteroatoms. The van der Waals surface area contributed by atoms with E-state index in [9.17, 15) is 14.9 Å². The van der Waals surface area contributed by atoms with E-state index in [1.807, 2.05) is 13.1 Å². The van der Waals surface area contributed by atoms with Gasteiger partial charge in [-0.15, -0.1) is 0 Å². The molecule has 0 saturated heterocycles. The maximum absolute atomic E-state index is 12.1. The monoisotopic (exact) mass is 364 g/mol. The van der Waals surface area contributed by atoms with Crippen LogP contribution in [0.3, 0.4) is 0 Å². The van der Waals surface area contributed by atoms with Gasteiger partial charge in [0.05, 0.1) is 19.1 Å². The van der Waals surface area contributed by atoms with E-state index in [0.717, 1.165) is 16.2 Å². The van der Waals surface area contributed by atoms with Crippen LogP contribution in [0.4, 0.5) is 11.4 Å². The minimum Gasteiger partial charge on any atom is -0.496 e. The van der Waals surface area contributed by atoms with Gasteiger partial charge in [0, 0.05) is 28.4 Å². The van der Waals surface area contributed by atoms with Crippen molar-refractivity contribution in [3.63, 3.8) is 0 Å². The molecule has 0 aliphatic rings. The molecule has 2 rings (SSSR count). The van der Waals surface area contributed by atoms with Crippen molar-refractivity contribution in [2.45, 2.75) is 6.54 Å². The van der Waals surface area contributed by atoms with Crippen LogP contribution in [0, 0.1) is 10.1 Å². The third-order valence-electron chi connectivity index (χ3n) is 3.56. The highest BCUT2D eigenvalue weighted by atomic mass is 35.5. The summed E-state index contributed by atoms with van der Waals surface area (Å²) in [6.07, 6.45) is 0. The molecule has 1 amide bonds. The number of methoxy groups -OCH3 is 1. The molecule has 25 heavy (non-hydrogen) atoms. The van der Waals surface area contributed by atoms with Crippen molar-refractivity contribution >= 4 is 28.9 Å². The maximum Gasteiger partial charge on any atom is 0.279 e. The summed E-state index contributed by atoms with van der Waals surface area (Å²) >= 11 is 6.01. The number of amides is 1. The summed E-state index contributed by atoms with van der Waals surface area (Å²) < 4.78 is 5.30. The lowest BCUT2D eigenvalue weighted by molar-refractivity contribution is -0.885. The number of likely N-dealkylation sites (N-methyl/N-ethyl adjacent to an activating group) is 1. The predicted molar refractivity (Wildman–Crippen MR) is 95.2 cm³/mol. The molecular formula is C17H19ClN3O4+. The van der Waals surface area contributed by atoms with Crippen molar-refractivity contribution in [1.82, 2.24) is 0 Å². The van der Waals surface area contributed by atoms with Gasteiger partial charge in [-0.05, 0) is 30.3 Å². The number of quaternary nitrogens is 1. The van der Waals surface area contributed by atoms with Gasteiger partial charge in [-0.3, -0.25) is 14.9 Å². The molecule has 1 unspecified atom stereocenters. The van der Waals surface area contributed by atoms with Gasteiger partial charge in [0.15, 0.2) is 6.54 Å². The third kappa shape index (κ3) is 5.44. The van der Waals surface area contributed by atoms with Crippen LogP contribution in [-0.2, 0) is 11.3 Å². The van der Waals surface area contributed by atoms with Gasteiger partial charge in [0.2, 0.25) is 0 Å². The molecule has 0 saturated carbocycles. The average Bonchev–Trinajstić information content (AvgIpc) is 2.55. The first-order valence-electron chi connectivity index (χ1n) is 7.57. The minimum atomic E-state index is -0.484. The topological polar surface area (TPSA) is 85.9 Å². The second kappa shape index (κ2) is 8.46. The van der Waals surface area contributed by atoms with E-state index in [-0.39, 0.29) is 18.1 Å². The Kier molecular flexibility index (Phi) is 6.32. The van der Waals surface area contributed by atoms with Crippen molar-refractivity contribution < 1.29 is 19.4 Å². The summed E-state index contributed by atoms with van der Waals surface area (Å²) in [4.78, 5) is 23.2. The summed E-state index contributed by atoms with van der Waals surface area (Å²) in [6, 6.07) is 11.1. The summed E-state index contributed by atoms with van der Waals surface area (Å²) in [5.41, 5.74) is 1.41. The molecule has 0 heterocycles. The maximum atomic E-state index is 12.1. The zero-order valence-corrected chi connectivity index (χ0v) is 14.7. The van der Waals surface area contributed by atoms with E-state index in [0.29, 0.717) is 17.3 Å². The zero-order valence-electron chi connectivity index (χ0n) is 13.9. The van der Waals surface area contributed by atoms with Crippen molar-refractivity contribution in [3.8, 4) is 5.75 Å². The lowest BCUT2D eigenvalue weighted by Gasteiger charge is -2.16. The average molecular weight is 365 g/mol. The molecule has 0 fully saturated rings. The number of hydrogen-bond donors (Lipinski definition) is 2. The molecule has 0 radical (unpaired) electrons. The zero-order chi connectivity index (χ0) is 18.4. The first-order valence-corrected chi connectivity index (χ1v) is 7.95. The fraction of sp³-hybridized carbons (Fsp3) is 0.235. The number of nitro groups is 1. The number of nitrogens with zero attached hydrogens (tertiary/aromatic N) is 1. The van der Waals surface area contributed by atoms with Gasteiger partial charge in [0.25, 0.3) is 11.6 Å². The number of halogens is 1. The van der Waals surface area contributed by atoms with Crippen LogP contribution < -0.4 is 15.0 Å². The van der Waals surface area contributed by atoms with Crippen molar-refractivity contribution in [2.75, 3.05) is 26.0 Å². The molecule has 0 aliphatic carbocycles. The summed E-state index contributed by atoms with van der Waals surface area (Å²) in [5, 5.41) is 14.0. The number of carbonyl (C=O) groups is 1. The largest absolute Gasteiger partial charge is 0.496 e. The second-order valence-electron chi connectivity index (χ2n) is 5.62. The number of carbonyl (C=O) groups excluding carboxylic acids is 1. The smallest absolute Gasteiger partial charge is 0.279 e. The number of hydrogen-bond acceptors (Lipinski definition) is 4. The predicted octanol–water partition coefficient (Wildman–Crippen LogP) is 1.91. The lowest BCUT2D eigenvalue weighted by Crippen LogP contribution is -3.08. The van der Waals surface area contributed by atoms with E-state index in [1.54, 1.807) is 19.2 Å². The molecule has 0 aliphatic heterocycles. The highest BCUT2D eigenvalue weighted by Crippen LogP contribution is 2.21. The Morgan fingerprint density at radius 3 is 2.56 bits per heavy atom. The molecule has 2 aromatic rings. The quantitative estimate of drug-likeness (QED) is 0.580. The van der Waals surface area contributed by atoms with Gasteiger partial charge in [0.1, 0.15) is 12.3 Å². The van der Waals surface area contributed by atoms with Gasteiger partial charge < -0.3 is 15.0 Å². The van der Waals surface area contributed by atoms with Crippen LogP contribution in [0.5, 0.6) is 5.75 Å². The SMILES string of the molecule is COc1ccc(Cl)cc1C[NH+](C)CC(=O)Nc1ccc([N+](=O)[O-])cc1. The van der Waals surface area contributed by atoms with Gasteiger partial charge >= 0.3 is 0 Å². The molecular weight excluding hydrogens is 346 g/mol. The van der Waals surface area contributed by atoms with Crippen LogP contribution in [0.2, 0.25) is 5.02 Å². The molecule has 7 nitrogen and oxygen atoms in total. The first-order chi connectivity index (χ1) is 11.9. The summed E-state index contributed by atoms with van der Waals surface area (Å²) in [6.45, 7) is 0.796. The van der Waals surface area contributed by atoms with E-state index in [2.05, 4.69) is 5.32 Å². The van der Waals surface area contributed by atoms with Gasteiger partial charge in [-0.2, -0.15) is 0 Å². The Labute approximate surface area is 150 Å². The van der Waals surface area contributed by atoms with Gasteiger partial charge in [-0.1, -0.05) is 11.6 Å².